The maximum atomic E-state index is 13.0. The van der Waals surface area contributed by atoms with Crippen LogP contribution in [0.2, 0.25) is 0 Å². The molecule has 0 heterocycles. The normalized spacial score (nSPS) is 22.3. The van der Waals surface area contributed by atoms with Gasteiger partial charge in [-0.25, -0.2) is 9.13 Å². The maximum absolute atomic E-state index is 13.0. The van der Waals surface area contributed by atoms with E-state index in [-0.39, 0.29) is 13.0 Å². The van der Waals surface area contributed by atoms with Gasteiger partial charge in [0, 0.05) is 19.3 Å². The molecule has 0 spiro atoms. The van der Waals surface area contributed by atoms with Crippen molar-refractivity contribution < 1.29 is 81.7 Å². The van der Waals surface area contributed by atoms with Gasteiger partial charge in [-0.05, 0) is 25.7 Å². The molecule has 354 valence electrons. The standard InChI is InChI=1S/C41H78O17P2/c1-3-5-6-7-8-9-10-11-12-15-18-21-24-28-34(43)56-33(30-35(44)54-29-25-22-19-16-13-14-17-20-23-27-32(42)26-4-2)31-55-60(52,53)58-41-38(47)36(45)37(46)40(39(41)48)57-59(49,50)51/h33,36-41,45-48H,3-31H2,1-2H3,(H,52,53)(H2,49,50,51)/t33-,36-,37?,38?,39+,40+,41?/m1/s1. The zero-order valence-corrected chi connectivity index (χ0v) is 37.9. The number of Topliss-reactive ketones (excluding diaryl/α,β-unsaturated/α-hetero) is 1. The van der Waals surface area contributed by atoms with Crippen LogP contribution in [0.1, 0.15) is 187 Å². The monoisotopic (exact) mass is 904 g/mol. The second-order valence-corrected chi connectivity index (χ2v) is 18.7. The van der Waals surface area contributed by atoms with Gasteiger partial charge >= 0.3 is 27.6 Å². The van der Waals surface area contributed by atoms with E-state index < -0.39 is 83.3 Å². The van der Waals surface area contributed by atoms with Crippen molar-refractivity contribution in [2.45, 2.75) is 230 Å². The number of phosphoric ester groups is 2. The molecule has 0 bridgehead atoms. The molecule has 1 aliphatic rings. The molecule has 1 rings (SSSR count). The van der Waals surface area contributed by atoms with Crippen LogP contribution in [0.3, 0.4) is 0 Å². The van der Waals surface area contributed by atoms with Gasteiger partial charge < -0.3 is 44.6 Å². The Balaban J connectivity index is 2.62. The molecule has 0 aliphatic heterocycles. The number of ether oxygens (including phenoxy) is 2. The molecule has 17 nitrogen and oxygen atoms in total. The molecule has 8 atom stereocenters. The largest absolute Gasteiger partial charge is 0.472 e. The van der Waals surface area contributed by atoms with Crippen molar-refractivity contribution in [2.24, 2.45) is 0 Å². The van der Waals surface area contributed by atoms with Gasteiger partial charge in [-0.3, -0.25) is 28.0 Å². The molecule has 0 aromatic rings. The lowest BCUT2D eigenvalue weighted by molar-refractivity contribution is -0.216. The molecule has 1 saturated carbocycles. The fraction of sp³-hybridized carbons (Fsp3) is 0.927. The van der Waals surface area contributed by atoms with E-state index in [1.165, 1.54) is 51.4 Å². The van der Waals surface area contributed by atoms with Crippen LogP contribution >= 0.6 is 15.6 Å². The van der Waals surface area contributed by atoms with E-state index in [1.54, 1.807) is 0 Å². The van der Waals surface area contributed by atoms with Crippen molar-refractivity contribution in [1.29, 1.82) is 0 Å². The average molecular weight is 905 g/mol. The van der Waals surface area contributed by atoms with Gasteiger partial charge in [0.2, 0.25) is 0 Å². The minimum absolute atomic E-state index is 0.0247. The second kappa shape index (κ2) is 33.2. The Labute approximate surface area is 357 Å². The van der Waals surface area contributed by atoms with E-state index >= 15 is 0 Å². The number of carbonyl (C=O) groups excluding carboxylic acids is 3. The highest BCUT2D eigenvalue weighted by Gasteiger charge is 2.54. The minimum atomic E-state index is -5.37. The van der Waals surface area contributed by atoms with Crippen molar-refractivity contribution in [2.75, 3.05) is 13.2 Å². The van der Waals surface area contributed by atoms with Crippen molar-refractivity contribution in [1.82, 2.24) is 0 Å². The summed E-state index contributed by atoms with van der Waals surface area (Å²) in [5.41, 5.74) is 0. The molecule has 0 amide bonds. The second-order valence-electron chi connectivity index (χ2n) is 16.1. The van der Waals surface area contributed by atoms with Gasteiger partial charge in [0.15, 0.2) is 0 Å². The quantitative estimate of drug-likeness (QED) is 0.0186. The first kappa shape index (κ1) is 56.7. The molecule has 0 saturated heterocycles. The number of aliphatic hydroxyl groups is 4. The maximum Gasteiger partial charge on any atom is 0.472 e. The molecule has 0 aromatic heterocycles. The van der Waals surface area contributed by atoms with E-state index in [1.807, 2.05) is 6.92 Å². The Morgan fingerprint density at radius 3 is 1.45 bits per heavy atom. The number of unbranched alkanes of at least 4 members (excludes halogenated alkanes) is 20. The Morgan fingerprint density at radius 2 is 0.967 bits per heavy atom. The van der Waals surface area contributed by atoms with Crippen LogP contribution in [0.25, 0.3) is 0 Å². The van der Waals surface area contributed by atoms with E-state index in [0.29, 0.717) is 31.5 Å². The van der Waals surface area contributed by atoms with Crippen LogP contribution in [0.4, 0.5) is 0 Å². The van der Waals surface area contributed by atoms with Gasteiger partial charge in [0.05, 0.1) is 19.6 Å². The minimum Gasteiger partial charge on any atom is -0.466 e. The van der Waals surface area contributed by atoms with E-state index in [9.17, 15) is 48.8 Å². The number of ketones is 1. The first-order valence-corrected chi connectivity index (χ1v) is 25.5. The first-order chi connectivity index (χ1) is 28.5. The lowest BCUT2D eigenvalue weighted by atomic mass is 9.85. The molecule has 7 N–H and O–H groups in total. The summed E-state index contributed by atoms with van der Waals surface area (Å²) >= 11 is 0. The molecule has 19 heteroatoms. The highest BCUT2D eigenvalue weighted by atomic mass is 31.2. The highest BCUT2D eigenvalue weighted by Crippen LogP contribution is 2.49. The summed E-state index contributed by atoms with van der Waals surface area (Å²) in [4.78, 5) is 65.9. The predicted octanol–water partition coefficient (Wildman–Crippen LogP) is 7.02. The molecular formula is C41H78O17P2. The summed E-state index contributed by atoms with van der Waals surface area (Å²) in [7, 11) is -10.7. The molecule has 60 heavy (non-hydrogen) atoms. The van der Waals surface area contributed by atoms with Crippen LogP contribution in [0, 0.1) is 0 Å². The van der Waals surface area contributed by atoms with E-state index in [0.717, 1.165) is 83.5 Å². The van der Waals surface area contributed by atoms with E-state index in [4.69, 9.17) is 28.3 Å². The van der Waals surface area contributed by atoms with Crippen molar-refractivity contribution in [3.05, 3.63) is 0 Å². The van der Waals surface area contributed by atoms with Crippen LogP contribution in [-0.2, 0) is 46.6 Å². The zero-order chi connectivity index (χ0) is 44.8. The smallest absolute Gasteiger partial charge is 0.466 e. The third-order valence-corrected chi connectivity index (χ3v) is 12.1. The van der Waals surface area contributed by atoms with Crippen molar-refractivity contribution >= 4 is 33.4 Å². The number of esters is 2. The van der Waals surface area contributed by atoms with Gasteiger partial charge in [-0.15, -0.1) is 0 Å². The fourth-order valence-electron chi connectivity index (χ4n) is 7.11. The fourth-order valence-corrected chi connectivity index (χ4v) is 8.65. The van der Waals surface area contributed by atoms with Gasteiger partial charge in [0.25, 0.3) is 0 Å². The number of hydrogen-bond donors (Lipinski definition) is 7. The summed E-state index contributed by atoms with van der Waals surface area (Å²) in [6.07, 6.45) is 9.97. The predicted molar refractivity (Wildman–Crippen MR) is 223 cm³/mol. The van der Waals surface area contributed by atoms with Crippen molar-refractivity contribution in [3.63, 3.8) is 0 Å². The number of carbonyl (C=O) groups is 3. The van der Waals surface area contributed by atoms with Crippen molar-refractivity contribution in [3.8, 4) is 0 Å². The molecule has 4 unspecified atom stereocenters. The van der Waals surface area contributed by atoms with Gasteiger partial charge in [0.1, 0.15) is 48.5 Å². The van der Waals surface area contributed by atoms with Crippen LogP contribution in [0.15, 0.2) is 0 Å². The molecule has 1 fully saturated rings. The van der Waals surface area contributed by atoms with Gasteiger partial charge in [-0.1, -0.05) is 136 Å². The van der Waals surface area contributed by atoms with Gasteiger partial charge in [-0.2, -0.15) is 0 Å². The summed E-state index contributed by atoms with van der Waals surface area (Å²) in [6, 6.07) is 0. The molecule has 0 aromatic carbocycles. The molecular weight excluding hydrogens is 826 g/mol. The third kappa shape index (κ3) is 27.7. The Morgan fingerprint density at radius 1 is 0.517 bits per heavy atom. The lowest BCUT2D eigenvalue weighted by Crippen LogP contribution is -2.64. The lowest BCUT2D eigenvalue weighted by Gasteiger charge is -2.43. The average Bonchev–Trinajstić information content (AvgIpc) is 3.18. The SMILES string of the molecule is CCCCCCCCCCCCCCCC(=O)O[C@@H](COP(=O)(O)OC1C(O)[C@H](O)C(O)[C@H](OP(=O)(O)O)[C@@H]1O)CC(=O)OCCCCCCCCCCCC(=O)CCC. The zero-order valence-electron chi connectivity index (χ0n) is 36.2. The summed E-state index contributed by atoms with van der Waals surface area (Å²) in [6.45, 7) is 3.46. The van der Waals surface area contributed by atoms with Crippen LogP contribution in [0.5, 0.6) is 0 Å². The topological polar surface area (TPSA) is 273 Å². The number of phosphoric acid groups is 2. The summed E-state index contributed by atoms with van der Waals surface area (Å²) in [5, 5.41) is 41.1. The summed E-state index contributed by atoms with van der Waals surface area (Å²) in [5.74, 6) is -1.09. The first-order valence-electron chi connectivity index (χ1n) is 22.5. The number of rotatable bonds is 38. The van der Waals surface area contributed by atoms with E-state index in [2.05, 4.69) is 11.4 Å². The third-order valence-electron chi connectivity index (χ3n) is 10.6. The Bertz CT molecular complexity index is 1250. The van der Waals surface area contributed by atoms with Crippen LogP contribution in [-0.4, -0.2) is 109 Å². The Kier molecular flexibility index (Phi) is 31.4. The molecule has 1 aliphatic carbocycles. The highest BCUT2D eigenvalue weighted by molar-refractivity contribution is 7.47. The molecule has 0 radical (unpaired) electrons. The number of aliphatic hydroxyl groups excluding tert-OH is 4. The van der Waals surface area contributed by atoms with Crippen LogP contribution < -0.4 is 0 Å². The number of hydrogen-bond acceptors (Lipinski definition) is 14. The summed E-state index contributed by atoms with van der Waals surface area (Å²) < 4.78 is 49.2. The Hall–Kier alpha value is -1.33.